The van der Waals surface area contributed by atoms with Crippen molar-refractivity contribution >= 4 is 24.8 Å². The highest BCUT2D eigenvalue weighted by Crippen LogP contribution is 2.26. The van der Waals surface area contributed by atoms with Crippen LogP contribution >= 0.6 is 19.5 Å². The monoisotopic (exact) mass is 229 g/mol. The number of hydrogen-bond donors (Lipinski definition) is 0. The van der Waals surface area contributed by atoms with E-state index in [0.717, 1.165) is 0 Å². The van der Waals surface area contributed by atoms with Crippen molar-refractivity contribution in [1.29, 1.82) is 0 Å². The summed E-state index contributed by atoms with van der Waals surface area (Å²) in [5.41, 5.74) is 0. The molecule has 1 rings (SSSR count). The van der Waals surface area contributed by atoms with E-state index in [4.69, 9.17) is 11.6 Å². The molecule has 0 N–H and O–H groups in total. The van der Waals surface area contributed by atoms with Crippen molar-refractivity contribution in [2.45, 2.75) is 0 Å². The van der Waals surface area contributed by atoms with Gasteiger partial charge in [0, 0.05) is 5.02 Å². The Kier molecular flexibility index (Phi) is 4.42. The van der Waals surface area contributed by atoms with Gasteiger partial charge in [0.25, 0.3) is 0 Å². The van der Waals surface area contributed by atoms with Crippen LogP contribution in [0.25, 0.3) is 0 Å². The lowest BCUT2D eigenvalue weighted by Gasteiger charge is -2.41. The summed E-state index contributed by atoms with van der Waals surface area (Å²) in [7, 11) is -4.60. The zero-order valence-corrected chi connectivity index (χ0v) is 8.74. The van der Waals surface area contributed by atoms with Crippen molar-refractivity contribution in [3.05, 3.63) is 29.3 Å². The van der Waals surface area contributed by atoms with Crippen LogP contribution in [0.4, 0.5) is 0 Å². The van der Waals surface area contributed by atoms with Crippen LogP contribution in [0.3, 0.4) is 0 Å². The molecule has 68 valence electrons. The highest BCUT2D eigenvalue weighted by molar-refractivity contribution is 7.62. The van der Waals surface area contributed by atoms with Crippen molar-refractivity contribution in [2.75, 3.05) is 0 Å². The van der Waals surface area contributed by atoms with E-state index in [0.29, 0.717) is 5.02 Å². The molecule has 0 amide bonds. The van der Waals surface area contributed by atoms with Gasteiger partial charge in [0.05, 0.1) is 5.30 Å². The minimum atomic E-state index is -4.60. The molecule has 0 aromatic heterocycles. The Bertz CT molecular complexity index is 244. The fraction of sp³-hybridized carbons (Fsp3) is 0. The topological polar surface area (TPSA) is 69.2 Å². The Morgan fingerprint density at radius 3 is 1.75 bits per heavy atom. The summed E-state index contributed by atoms with van der Waals surface area (Å²) in [6, 6.07) is 5.09. The summed E-state index contributed by atoms with van der Waals surface area (Å²) in [4.78, 5) is 31.1. The smallest absolute Gasteiger partial charge is 0.0765 e. The first-order chi connectivity index (χ1) is 5.00. The molecule has 1 aromatic rings. The van der Waals surface area contributed by atoms with E-state index in [-0.39, 0.29) is 17.7 Å². The largest absolute Gasteiger partial charge is 0.684 e. The summed E-state index contributed by atoms with van der Waals surface area (Å²) < 4.78 is 0. The third-order valence-electron chi connectivity index (χ3n) is 1.14. The molecule has 0 spiro atoms. The molecule has 0 bridgehead atoms. The second-order valence-corrected chi connectivity index (χ2v) is 3.92. The molecule has 0 aliphatic heterocycles. The van der Waals surface area contributed by atoms with Gasteiger partial charge in [0.15, 0.2) is 0 Å². The van der Waals surface area contributed by atoms with Crippen LogP contribution in [-0.4, -0.2) is 0 Å². The number of benzene rings is 1. The first kappa shape index (κ1) is 12.1. The zero-order chi connectivity index (χ0) is 8.48. The van der Waals surface area contributed by atoms with Gasteiger partial charge < -0.3 is 27.1 Å². The summed E-state index contributed by atoms with van der Waals surface area (Å²) >= 11 is 5.47. The fourth-order valence-corrected chi connectivity index (χ4v) is 1.26. The van der Waals surface area contributed by atoms with E-state index in [1.165, 1.54) is 24.3 Å². The van der Waals surface area contributed by atoms with Gasteiger partial charge in [-0.1, -0.05) is 11.6 Å². The van der Waals surface area contributed by atoms with Crippen LogP contribution in [0.15, 0.2) is 24.3 Å². The molecule has 0 aliphatic carbocycles. The van der Waals surface area contributed by atoms with Gasteiger partial charge in [-0.05, 0) is 24.3 Å². The molecule has 0 fully saturated rings. The van der Waals surface area contributed by atoms with Crippen LogP contribution in [-0.2, 0) is 0 Å². The van der Waals surface area contributed by atoms with Crippen LogP contribution in [0.1, 0.15) is 0 Å². The standard InChI is InChI=1S/C6H6ClO3P.Cl/c7-5-1-3-6(4-2-5)11(8,9)10;/h1-4H,(H2,8,9,10);/q;+3/p-2. The van der Waals surface area contributed by atoms with E-state index in [1.807, 2.05) is 0 Å². The van der Waals surface area contributed by atoms with Gasteiger partial charge in [0.2, 0.25) is 0 Å². The molecule has 0 atom stereocenters. The Balaban J connectivity index is 0.00000121. The average Bonchev–Trinajstić information content (AvgIpc) is 1.86. The highest BCUT2D eigenvalue weighted by Gasteiger charge is 2.01. The quantitative estimate of drug-likeness (QED) is 0.511. The lowest BCUT2D eigenvalue weighted by molar-refractivity contribution is -0.421. The molecule has 3 nitrogen and oxygen atoms in total. The first-order valence-electron chi connectivity index (χ1n) is 2.78. The molecule has 0 radical (unpaired) electrons. The normalized spacial score (nSPS) is 10.7. The number of rotatable bonds is 1. The Labute approximate surface area is 81.6 Å². The molecule has 0 aliphatic rings. The molecule has 0 saturated heterocycles. The predicted molar refractivity (Wildman–Crippen MR) is 43.6 cm³/mol. The van der Waals surface area contributed by atoms with Crippen LogP contribution in [0.5, 0.6) is 0 Å². The van der Waals surface area contributed by atoms with E-state index >= 15 is 0 Å². The molecule has 1 aromatic carbocycles. The second kappa shape index (κ2) is 4.38. The van der Waals surface area contributed by atoms with Crippen LogP contribution < -0.4 is 20.0 Å². The third-order valence-corrected chi connectivity index (χ3v) is 2.33. The van der Waals surface area contributed by atoms with Gasteiger partial charge in [-0.2, -0.15) is 0 Å². The number of hydrogen-bond acceptors (Lipinski definition) is 3. The average molecular weight is 230 g/mol. The minimum absolute atomic E-state index is 0. The van der Waals surface area contributed by atoms with Crippen molar-refractivity contribution in [1.82, 2.24) is 0 Å². The Hall–Kier alpha value is 0.110. The van der Waals surface area contributed by atoms with Crippen molar-refractivity contribution in [3.8, 4) is 0 Å². The van der Waals surface area contributed by atoms with Crippen LogP contribution in [0.2, 0.25) is 5.02 Å². The van der Waals surface area contributed by atoms with E-state index in [1.54, 1.807) is 0 Å². The molecule has 6 heteroatoms. The van der Waals surface area contributed by atoms with Gasteiger partial charge in [-0.15, -0.1) is 7.94 Å². The Morgan fingerprint density at radius 1 is 1.00 bits per heavy atom. The molecule has 0 unspecified atom stereocenters. The Morgan fingerprint density at radius 2 is 1.42 bits per heavy atom. The highest BCUT2D eigenvalue weighted by atomic mass is 35.5. The third kappa shape index (κ3) is 3.23. The first-order valence-corrected chi connectivity index (χ1v) is 4.70. The lowest BCUT2D eigenvalue weighted by Crippen LogP contribution is -2.40. The maximum atomic E-state index is 10.4. The zero-order valence-electron chi connectivity index (χ0n) is 5.94. The molecule has 0 heterocycles. The molecular weight excluding hydrogens is 222 g/mol. The van der Waals surface area contributed by atoms with Crippen LogP contribution in [0, 0.1) is 12.4 Å². The van der Waals surface area contributed by atoms with E-state index in [2.05, 4.69) is 0 Å². The number of halogens is 2. The summed E-state index contributed by atoms with van der Waals surface area (Å²) in [6.45, 7) is 0. The summed E-state index contributed by atoms with van der Waals surface area (Å²) in [6.07, 6.45) is 0. The molecule has 12 heavy (non-hydrogen) atoms. The maximum Gasteiger partial charge on any atom is 0.0765 e. The summed E-state index contributed by atoms with van der Waals surface area (Å²) in [5, 5.41) is 0.170. The molecular formula is C6H8Cl2O3P+. The van der Waals surface area contributed by atoms with E-state index < -0.39 is 7.94 Å². The van der Waals surface area contributed by atoms with Gasteiger partial charge in [-0.25, -0.2) is 0 Å². The van der Waals surface area contributed by atoms with Gasteiger partial charge >= 0.3 is 0 Å². The van der Waals surface area contributed by atoms with Gasteiger partial charge in [0.1, 0.15) is 0 Å². The SMILES string of the molecule is [ClH4+3].[O-][P+]([O-])([O-])c1ccc(Cl)cc1. The van der Waals surface area contributed by atoms with Gasteiger partial charge in [-0.3, -0.25) is 0 Å². The van der Waals surface area contributed by atoms with Crippen molar-refractivity contribution in [2.24, 2.45) is 0 Å². The molecule has 0 saturated carbocycles. The summed E-state index contributed by atoms with van der Waals surface area (Å²) in [5.74, 6) is 0. The van der Waals surface area contributed by atoms with E-state index in [9.17, 15) is 14.7 Å². The predicted octanol–water partition coefficient (Wildman–Crippen LogP) is -2.26. The maximum absolute atomic E-state index is 10.4. The van der Waals surface area contributed by atoms with Crippen molar-refractivity contribution in [3.63, 3.8) is 0 Å². The minimum Gasteiger partial charge on any atom is -0.684 e. The van der Waals surface area contributed by atoms with Crippen molar-refractivity contribution < 1.29 is 27.1 Å². The second-order valence-electron chi connectivity index (χ2n) is 1.97. The lowest BCUT2D eigenvalue weighted by atomic mass is 10.4. The fourth-order valence-electron chi connectivity index (χ4n) is 0.624.